The average Bonchev–Trinajstić information content (AvgIpc) is 2.88. The smallest absolute Gasteiger partial charge is 0.253 e. The van der Waals surface area contributed by atoms with E-state index in [1.54, 1.807) is 49.6 Å². The molecule has 190 valence electrons. The number of halogens is 2. The van der Waals surface area contributed by atoms with Gasteiger partial charge in [0.25, 0.3) is 5.91 Å². The second-order valence-corrected chi connectivity index (χ2v) is 11.2. The van der Waals surface area contributed by atoms with Gasteiger partial charge in [0.2, 0.25) is 10.0 Å². The Labute approximate surface area is 221 Å². The molecular weight excluding hydrogens is 521 g/mol. The summed E-state index contributed by atoms with van der Waals surface area (Å²) in [7, 11) is -1.99. The number of ether oxygens (including phenoxy) is 1. The van der Waals surface area contributed by atoms with Crippen LogP contribution in [0.25, 0.3) is 0 Å². The fourth-order valence-corrected chi connectivity index (χ4v) is 5.47. The number of piperazine rings is 1. The minimum Gasteiger partial charge on any atom is -0.497 e. The van der Waals surface area contributed by atoms with E-state index >= 15 is 0 Å². The Hall–Kier alpha value is -2.94. The van der Waals surface area contributed by atoms with E-state index < -0.39 is 10.0 Å². The number of sulfonamides is 1. The van der Waals surface area contributed by atoms with E-state index in [0.717, 1.165) is 36.3 Å². The Morgan fingerprint density at radius 2 is 1.58 bits per heavy atom. The van der Waals surface area contributed by atoms with Crippen molar-refractivity contribution in [1.82, 2.24) is 4.90 Å². The summed E-state index contributed by atoms with van der Waals surface area (Å²) in [5.74, 6) is 0.764. The molecule has 1 aliphatic heterocycles. The first kappa shape index (κ1) is 26.1. The van der Waals surface area contributed by atoms with Gasteiger partial charge in [0.05, 0.1) is 35.6 Å². The van der Waals surface area contributed by atoms with E-state index in [1.165, 1.54) is 4.31 Å². The zero-order valence-electron chi connectivity index (χ0n) is 20.0. The molecule has 36 heavy (non-hydrogen) atoms. The Morgan fingerprint density at radius 3 is 2.17 bits per heavy atom. The fourth-order valence-electron chi connectivity index (χ4n) is 4.13. The Balaban J connectivity index is 1.41. The van der Waals surface area contributed by atoms with Crippen molar-refractivity contribution in [2.24, 2.45) is 0 Å². The molecule has 0 bridgehead atoms. The van der Waals surface area contributed by atoms with Crippen molar-refractivity contribution in [2.45, 2.75) is 6.54 Å². The van der Waals surface area contributed by atoms with Crippen LogP contribution >= 0.6 is 23.2 Å². The lowest BCUT2D eigenvalue weighted by atomic mass is 10.1. The topological polar surface area (TPSA) is 70.2 Å². The molecule has 3 aromatic carbocycles. The lowest BCUT2D eigenvalue weighted by molar-refractivity contribution is 0.0746. The van der Waals surface area contributed by atoms with Crippen molar-refractivity contribution < 1.29 is 17.9 Å². The molecule has 7 nitrogen and oxygen atoms in total. The molecule has 0 saturated carbocycles. The summed E-state index contributed by atoms with van der Waals surface area (Å²) in [6.45, 7) is 2.76. The van der Waals surface area contributed by atoms with E-state index in [1.807, 2.05) is 29.2 Å². The first-order valence-corrected chi connectivity index (χ1v) is 14.0. The monoisotopic (exact) mass is 547 g/mol. The largest absolute Gasteiger partial charge is 0.497 e. The third-order valence-electron chi connectivity index (χ3n) is 6.13. The van der Waals surface area contributed by atoms with Crippen LogP contribution in [0.4, 0.5) is 11.4 Å². The Morgan fingerprint density at radius 1 is 0.944 bits per heavy atom. The van der Waals surface area contributed by atoms with Gasteiger partial charge in [0.1, 0.15) is 5.75 Å². The van der Waals surface area contributed by atoms with Gasteiger partial charge in [-0.05, 0) is 54.1 Å². The number of hydrogen-bond acceptors (Lipinski definition) is 5. The number of amides is 1. The summed E-state index contributed by atoms with van der Waals surface area (Å²) >= 11 is 12.4. The van der Waals surface area contributed by atoms with Crippen LogP contribution in [-0.4, -0.2) is 58.8 Å². The predicted octanol–water partition coefficient (Wildman–Crippen LogP) is 4.93. The molecule has 0 spiro atoms. The molecule has 0 atom stereocenters. The normalized spacial score (nSPS) is 14.0. The van der Waals surface area contributed by atoms with Gasteiger partial charge in [-0.3, -0.25) is 9.10 Å². The van der Waals surface area contributed by atoms with Crippen molar-refractivity contribution in [3.63, 3.8) is 0 Å². The number of rotatable bonds is 7. The zero-order chi connectivity index (χ0) is 25.9. The highest BCUT2D eigenvalue weighted by Crippen LogP contribution is 2.34. The number of methoxy groups -OCH3 is 1. The highest BCUT2D eigenvalue weighted by atomic mass is 35.5. The maximum Gasteiger partial charge on any atom is 0.253 e. The minimum absolute atomic E-state index is 0.0474. The maximum absolute atomic E-state index is 13.1. The quantitative estimate of drug-likeness (QED) is 0.419. The van der Waals surface area contributed by atoms with E-state index in [9.17, 15) is 13.2 Å². The van der Waals surface area contributed by atoms with Gasteiger partial charge in [-0.25, -0.2) is 8.42 Å². The first-order chi connectivity index (χ1) is 17.2. The number of anilines is 2. The van der Waals surface area contributed by atoms with E-state index in [-0.39, 0.29) is 22.5 Å². The zero-order valence-corrected chi connectivity index (χ0v) is 22.4. The first-order valence-electron chi connectivity index (χ1n) is 11.4. The number of carbonyl (C=O) groups is 1. The molecule has 0 aliphatic carbocycles. The van der Waals surface area contributed by atoms with Crippen LogP contribution in [0.1, 0.15) is 15.9 Å². The summed E-state index contributed by atoms with van der Waals surface area (Å²) in [5.41, 5.74) is 2.68. The molecule has 1 heterocycles. The van der Waals surface area contributed by atoms with Crippen molar-refractivity contribution in [3.05, 3.63) is 87.9 Å². The van der Waals surface area contributed by atoms with Crippen molar-refractivity contribution in [2.75, 3.05) is 48.7 Å². The number of nitrogens with zero attached hydrogens (tertiary/aromatic N) is 3. The summed E-state index contributed by atoms with van der Waals surface area (Å²) < 4.78 is 31.4. The van der Waals surface area contributed by atoms with Gasteiger partial charge in [0.15, 0.2) is 0 Å². The molecule has 0 N–H and O–H groups in total. The summed E-state index contributed by atoms with van der Waals surface area (Å²) in [6.07, 6.45) is 1.12. The van der Waals surface area contributed by atoms with Gasteiger partial charge >= 0.3 is 0 Å². The second-order valence-electron chi connectivity index (χ2n) is 8.52. The molecule has 0 aromatic heterocycles. The molecule has 1 fully saturated rings. The Bertz CT molecular complexity index is 1320. The van der Waals surface area contributed by atoms with Gasteiger partial charge in [-0.15, -0.1) is 0 Å². The lowest BCUT2D eigenvalue weighted by Crippen LogP contribution is -2.48. The SMILES string of the molecule is COc1ccc(N2CCN(C(=O)c3ccc(CN(c4cccc(Cl)c4Cl)S(C)(=O)=O)cc3)CC2)cc1. The molecule has 3 aromatic rings. The molecular formula is C26H27Cl2N3O4S. The average molecular weight is 548 g/mol. The second kappa shape index (κ2) is 11.0. The number of benzene rings is 3. The van der Waals surface area contributed by atoms with Crippen LogP contribution in [0.3, 0.4) is 0 Å². The van der Waals surface area contributed by atoms with Crippen molar-refractivity contribution >= 4 is 50.5 Å². The molecule has 0 unspecified atom stereocenters. The molecule has 0 radical (unpaired) electrons. The molecule has 1 amide bonds. The van der Waals surface area contributed by atoms with Crippen LogP contribution in [0.5, 0.6) is 5.75 Å². The van der Waals surface area contributed by atoms with Crippen LogP contribution < -0.4 is 13.9 Å². The summed E-state index contributed by atoms with van der Waals surface area (Å²) in [6, 6.07) is 19.7. The van der Waals surface area contributed by atoms with Crippen LogP contribution in [0.2, 0.25) is 10.0 Å². The van der Waals surface area contributed by atoms with Crippen molar-refractivity contribution in [3.8, 4) is 5.75 Å². The van der Waals surface area contributed by atoms with Gasteiger partial charge in [-0.2, -0.15) is 0 Å². The summed E-state index contributed by atoms with van der Waals surface area (Å²) in [4.78, 5) is 17.2. The van der Waals surface area contributed by atoms with Crippen molar-refractivity contribution in [1.29, 1.82) is 0 Å². The fraction of sp³-hybridized carbons (Fsp3) is 0.269. The van der Waals surface area contributed by atoms with Crippen LogP contribution in [-0.2, 0) is 16.6 Å². The molecule has 10 heteroatoms. The molecule has 1 aliphatic rings. The molecule has 1 saturated heterocycles. The highest BCUT2D eigenvalue weighted by Gasteiger charge is 2.24. The number of carbonyl (C=O) groups excluding carboxylic acids is 1. The van der Waals surface area contributed by atoms with Crippen LogP contribution in [0, 0.1) is 0 Å². The third kappa shape index (κ3) is 5.88. The van der Waals surface area contributed by atoms with Gasteiger partial charge < -0.3 is 14.5 Å². The molecule has 4 rings (SSSR count). The van der Waals surface area contributed by atoms with Gasteiger partial charge in [-0.1, -0.05) is 41.4 Å². The summed E-state index contributed by atoms with van der Waals surface area (Å²) in [5, 5.41) is 0.445. The van der Waals surface area contributed by atoms with E-state index in [4.69, 9.17) is 27.9 Å². The maximum atomic E-state index is 13.1. The van der Waals surface area contributed by atoms with Crippen LogP contribution in [0.15, 0.2) is 66.7 Å². The van der Waals surface area contributed by atoms with E-state index in [0.29, 0.717) is 24.3 Å². The predicted molar refractivity (Wildman–Crippen MR) is 145 cm³/mol. The highest BCUT2D eigenvalue weighted by molar-refractivity contribution is 7.92. The lowest BCUT2D eigenvalue weighted by Gasteiger charge is -2.36. The van der Waals surface area contributed by atoms with E-state index in [2.05, 4.69) is 4.90 Å². The third-order valence-corrected chi connectivity index (χ3v) is 8.07. The number of hydrogen-bond donors (Lipinski definition) is 0. The minimum atomic E-state index is -3.63. The van der Waals surface area contributed by atoms with Gasteiger partial charge in [0, 0.05) is 37.4 Å². The Kier molecular flexibility index (Phi) is 7.97. The standard InChI is InChI=1S/C26H27Cl2N3O4S/c1-35-22-12-10-21(11-13-22)29-14-16-30(17-15-29)26(32)20-8-6-19(7-9-20)18-31(36(2,33)34)24-5-3-4-23(27)25(24)28/h3-13H,14-18H2,1-2H3.